The monoisotopic (exact) mass is 489 g/mol. The normalized spacial score (nSPS) is 15.5. The third-order valence-electron chi connectivity index (χ3n) is 5.59. The number of thioether (sulfide) groups is 1. The van der Waals surface area contributed by atoms with Crippen molar-refractivity contribution < 1.29 is 14.3 Å². The Kier molecular flexibility index (Phi) is 6.13. The van der Waals surface area contributed by atoms with Crippen LogP contribution in [0.4, 0.5) is 0 Å². The van der Waals surface area contributed by atoms with Gasteiger partial charge in [-0.15, -0.1) is 11.8 Å². The molecule has 2 heterocycles. The van der Waals surface area contributed by atoms with Crippen LogP contribution >= 0.6 is 23.4 Å². The van der Waals surface area contributed by atoms with E-state index in [0.29, 0.717) is 27.2 Å². The molecule has 0 aliphatic carbocycles. The number of para-hydroxylation sites is 1. The van der Waals surface area contributed by atoms with Gasteiger partial charge in [0.2, 0.25) is 0 Å². The Morgan fingerprint density at radius 2 is 1.82 bits per heavy atom. The Morgan fingerprint density at radius 1 is 1.09 bits per heavy atom. The van der Waals surface area contributed by atoms with E-state index in [2.05, 4.69) is 5.43 Å². The van der Waals surface area contributed by atoms with Crippen LogP contribution in [-0.4, -0.2) is 34.7 Å². The molecular formula is C26H20ClN3O3S. The summed E-state index contributed by atoms with van der Waals surface area (Å²) < 4.78 is 5.24. The molecule has 1 unspecified atom stereocenters. The number of benzene rings is 3. The van der Waals surface area contributed by atoms with E-state index in [1.54, 1.807) is 25.3 Å². The summed E-state index contributed by atoms with van der Waals surface area (Å²) in [6, 6.07) is 24.0. The highest BCUT2D eigenvalue weighted by Crippen LogP contribution is 2.38. The molecule has 3 aromatic carbocycles. The largest absolute Gasteiger partial charge is 0.497 e. The number of fused-ring (bicyclic) bond motifs is 1. The summed E-state index contributed by atoms with van der Waals surface area (Å²) in [7, 11) is 1.61. The van der Waals surface area contributed by atoms with Crippen LogP contribution in [-0.2, 0) is 4.79 Å². The van der Waals surface area contributed by atoms with Gasteiger partial charge in [0.1, 0.15) is 11.1 Å². The summed E-state index contributed by atoms with van der Waals surface area (Å²) in [6.45, 7) is 0. The number of methoxy groups -OCH3 is 1. The first-order valence-corrected chi connectivity index (χ1v) is 12.0. The number of nitrogens with one attached hydrogen (secondary N) is 1. The van der Waals surface area contributed by atoms with Crippen LogP contribution in [0.2, 0.25) is 5.02 Å². The lowest BCUT2D eigenvalue weighted by molar-refractivity contribution is -0.130. The van der Waals surface area contributed by atoms with Gasteiger partial charge in [-0.3, -0.25) is 15.0 Å². The maximum atomic E-state index is 13.5. The Hall–Kier alpha value is -3.55. The lowest BCUT2D eigenvalue weighted by Gasteiger charge is -2.25. The van der Waals surface area contributed by atoms with Crippen molar-refractivity contribution in [2.45, 2.75) is 5.37 Å². The number of halogens is 1. The Morgan fingerprint density at radius 3 is 2.56 bits per heavy atom. The van der Waals surface area contributed by atoms with Crippen LogP contribution in [0, 0.1) is 0 Å². The molecule has 8 heteroatoms. The summed E-state index contributed by atoms with van der Waals surface area (Å²) in [4.78, 5) is 30.9. The number of hydrazine groups is 1. The molecule has 1 aliphatic rings. The predicted molar refractivity (Wildman–Crippen MR) is 135 cm³/mol. The van der Waals surface area contributed by atoms with E-state index in [-0.39, 0.29) is 22.9 Å². The van der Waals surface area contributed by atoms with Gasteiger partial charge in [0.15, 0.2) is 0 Å². The summed E-state index contributed by atoms with van der Waals surface area (Å²) in [5.41, 5.74) is 6.37. The van der Waals surface area contributed by atoms with Crippen LogP contribution in [0.5, 0.6) is 5.75 Å². The van der Waals surface area contributed by atoms with Crippen molar-refractivity contribution in [2.75, 3.05) is 12.9 Å². The number of ether oxygens (including phenoxy) is 1. The SMILES string of the molecule is COc1ccc(-c2cc(C(=O)NN3C(=O)CSC3c3ccc(Cl)cc3)c3ccccc3n2)cc1. The zero-order chi connectivity index (χ0) is 23.7. The number of amides is 2. The van der Waals surface area contributed by atoms with Crippen LogP contribution < -0.4 is 10.2 Å². The number of pyridine rings is 1. The second-order valence-corrected chi connectivity index (χ2v) is 9.23. The van der Waals surface area contributed by atoms with E-state index in [0.717, 1.165) is 16.9 Å². The number of aromatic nitrogens is 1. The highest BCUT2D eigenvalue weighted by atomic mass is 35.5. The fraction of sp³-hybridized carbons (Fsp3) is 0.115. The average Bonchev–Trinajstić information content (AvgIpc) is 3.23. The van der Waals surface area contributed by atoms with E-state index in [4.69, 9.17) is 21.3 Å². The number of hydrogen-bond acceptors (Lipinski definition) is 5. The molecule has 1 fully saturated rings. The van der Waals surface area contributed by atoms with Gasteiger partial charge in [-0.05, 0) is 54.1 Å². The average molecular weight is 490 g/mol. The maximum Gasteiger partial charge on any atom is 0.270 e. The molecule has 1 aromatic heterocycles. The van der Waals surface area contributed by atoms with E-state index in [1.807, 2.05) is 60.7 Å². The number of hydrogen-bond donors (Lipinski definition) is 1. The Labute approximate surface area is 205 Å². The topological polar surface area (TPSA) is 71.5 Å². The quantitative estimate of drug-likeness (QED) is 0.401. The summed E-state index contributed by atoms with van der Waals surface area (Å²) in [6.07, 6.45) is 0. The van der Waals surface area contributed by atoms with Gasteiger partial charge in [-0.2, -0.15) is 0 Å². The van der Waals surface area contributed by atoms with Crippen molar-refractivity contribution in [2.24, 2.45) is 0 Å². The fourth-order valence-corrected chi connectivity index (χ4v) is 5.10. The molecule has 1 atom stereocenters. The molecule has 0 bridgehead atoms. The van der Waals surface area contributed by atoms with E-state index in [1.165, 1.54) is 16.8 Å². The van der Waals surface area contributed by atoms with Gasteiger partial charge in [-0.1, -0.05) is 41.9 Å². The van der Waals surface area contributed by atoms with Gasteiger partial charge in [0.05, 0.1) is 29.6 Å². The molecule has 0 spiro atoms. The van der Waals surface area contributed by atoms with Crippen molar-refractivity contribution in [1.29, 1.82) is 0 Å². The molecule has 1 N–H and O–H groups in total. The van der Waals surface area contributed by atoms with E-state index >= 15 is 0 Å². The minimum Gasteiger partial charge on any atom is -0.497 e. The number of rotatable bonds is 5. The van der Waals surface area contributed by atoms with Gasteiger partial charge >= 0.3 is 0 Å². The zero-order valence-electron chi connectivity index (χ0n) is 18.2. The second-order valence-electron chi connectivity index (χ2n) is 7.72. The van der Waals surface area contributed by atoms with Crippen LogP contribution in [0.25, 0.3) is 22.2 Å². The number of nitrogens with zero attached hydrogens (tertiary/aromatic N) is 2. The zero-order valence-corrected chi connectivity index (χ0v) is 19.8. The second kappa shape index (κ2) is 9.37. The molecule has 1 saturated heterocycles. The maximum absolute atomic E-state index is 13.5. The molecule has 170 valence electrons. The molecule has 6 nitrogen and oxygen atoms in total. The first-order chi connectivity index (χ1) is 16.5. The highest BCUT2D eigenvalue weighted by Gasteiger charge is 2.34. The molecular weight excluding hydrogens is 470 g/mol. The van der Waals surface area contributed by atoms with Gasteiger partial charge in [0, 0.05) is 16.0 Å². The van der Waals surface area contributed by atoms with Crippen LogP contribution in [0.1, 0.15) is 21.3 Å². The molecule has 4 aromatic rings. The number of carbonyl (C=O) groups excluding carboxylic acids is 2. The summed E-state index contributed by atoms with van der Waals surface area (Å²) in [5.74, 6) is 0.484. The Balaban J connectivity index is 1.50. The molecule has 5 rings (SSSR count). The smallest absolute Gasteiger partial charge is 0.270 e. The lowest BCUT2D eigenvalue weighted by atomic mass is 10.0. The van der Waals surface area contributed by atoms with Gasteiger partial charge in [-0.25, -0.2) is 9.99 Å². The first kappa shape index (κ1) is 22.3. The third-order valence-corrected chi connectivity index (χ3v) is 7.06. The van der Waals surface area contributed by atoms with Crippen molar-refractivity contribution in [1.82, 2.24) is 15.4 Å². The van der Waals surface area contributed by atoms with Crippen molar-refractivity contribution >= 4 is 46.1 Å². The van der Waals surface area contributed by atoms with Crippen molar-refractivity contribution in [3.05, 3.63) is 95.0 Å². The summed E-state index contributed by atoms with van der Waals surface area (Å²) >= 11 is 7.47. The molecule has 1 aliphatic heterocycles. The third kappa shape index (κ3) is 4.32. The van der Waals surface area contributed by atoms with Crippen molar-refractivity contribution in [3.63, 3.8) is 0 Å². The number of carbonyl (C=O) groups is 2. The molecule has 2 amide bonds. The highest BCUT2D eigenvalue weighted by molar-refractivity contribution is 8.00. The van der Waals surface area contributed by atoms with Gasteiger partial charge in [0.25, 0.3) is 11.8 Å². The molecule has 0 radical (unpaired) electrons. The lowest BCUT2D eigenvalue weighted by Crippen LogP contribution is -2.44. The summed E-state index contributed by atoms with van der Waals surface area (Å²) in [5, 5.41) is 2.39. The van der Waals surface area contributed by atoms with E-state index < -0.39 is 0 Å². The molecule has 0 saturated carbocycles. The van der Waals surface area contributed by atoms with E-state index in [9.17, 15) is 9.59 Å². The fourth-order valence-electron chi connectivity index (χ4n) is 3.86. The minimum atomic E-state index is -0.372. The predicted octanol–water partition coefficient (Wildman–Crippen LogP) is 5.48. The van der Waals surface area contributed by atoms with Gasteiger partial charge < -0.3 is 4.74 Å². The van der Waals surface area contributed by atoms with Crippen LogP contribution in [0.15, 0.2) is 78.9 Å². The minimum absolute atomic E-state index is 0.160. The first-order valence-electron chi connectivity index (χ1n) is 10.6. The van der Waals surface area contributed by atoms with Crippen LogP contribution in [0.3, 0.4) is 0 Å². The Bertz CT molecular complexity index is 1380. The molecule has 34 heavy (non-hydrogen) atoms. The standard InChI is InChI=1S/C26H20ClN3O3S/c1-33-19-12-8-16(9-13-19)23-14-21(20-4-2-3-5-22(20)28-23)25(32)29-30-24(31)15-34-26(30)17-6-10-18(27)11-7-17/h2-14,26H,15H2,1H3,(H,29,32). The van der Waals surface area contributed by atoms with Crippen molar-refractivity contribution in [3.8, 4) is 17.0 Å².